The molecule has 0 aliphatic rings. The first-order valence-electron chi connectivity index (χ1n) is 8.00. The topological polar surface area (TPSA) is 46.0 Å². The number of anilines is 2. The number of hydrogen-bond donors (Lipinski definition) is 1. The summed E-state index contributed by atoms with van der Waals surface area (Å²) in [6.45, 7) is 2.81. The van der Waals surface area contributed by atoms with Crippen LogP contribution in [0.1, 0.15) is 11.1 Å². The van der Waals surface area contributed by atoms with Gasteiger partial charge < -0.3 is 10.2 Å². The highest BCUT2D eigenvalue weighted by atomic mass is 15.3. The van der Waals surface area contributed by atoms with Gasteiger partial charge in [0.1, 0.15) is 5.82 Å². The highest BCUT2D eigenvalue weighted by Gasteiger charge is 2.10. The van der Waals surface area contributed by atoms with Gasteiger partial charge in [0.25, 0.3) is 0 Å². The number of pyridine rings is 1. The van der Waals surface area contributed by atoms with Crippen LogP contribution in [0.5, 0.6) is 0 Å². The second-order valence-corrected chi connectivity index (χ2v) is 6.11. The zero-order chi connectivity index (χ0) is 17.1. The molecule has 1 aromatic carbocycles. The third-order valence-corrected chi connectivity index (χ3v) is 4.12. The molecule has 3 aromatic rings. The van der Waals surface area contributed by atoms with Crippen LogP contribution in [-0.4, -0.2) is 28.9 Å². The van der Waals surface area contributed by atoms with Crippen LogP contribution >= 0.6 is 0 Å². The van der Waals surface area contributed by atoms with Gasteiger partial charge in [0.2, 0.25) is 0 Å². The van der Waals surface area contributed by atoms with Crippen molar-refractivity contribution in [1.82, 2.24) is 14.8 Å². The molecular formula is C19H23N5. The van der Waals surface area contributed by atoms with Gasteiger partial charge in [-0.05, 0) is 18.6 Å². The van der Waals surface area contributed by atoms with Crippen molar-refractivity contribution in [2.75, 3.05) is 24.3 Å². The summed E-state index contributed by atoms with van der Waals surface area (Å²) >= 11 is 0. The van der Waals surface area contributed by atoms with Crippen LogP contribution in [-0.2, 0) is 13.6 Å². The van der Waals surface area contributed by atoms with Crippen LogP contribution in [0.3, 0.4) is 0 Å². The molecule has 3 rings (SSSR count). The van der Waals surface area contributed by atoms with Crippen molar-refractivity contribution in [3.05, 3.63) is 59.9 Å². The normalized spacial score (nSPS) is 10.7. The first-order chi connectivity index (χ1) is 11.6. The van der Waals surface area contributed by atoms with E-state index >= 15 is 0 Å². The highest BCUT2D eigenvalue weighted by molar-refractivity contribution is 5.66. The third-order valence-electron chi connectivity index (χ3n) is 4.12. The molecule has 5 nitrogen and oxygen atoms in total. The summed E-state index contributed by atoms with van der Waals surface area (Å²) in [6, 6.07) is 12.4. The molecule has 0 atom stereocenters. The van der Waals surface area contributed by atoms with Gasteiger partial charge in [-0.15, -0.1) is 0 Å². The quantitative estimate of drug-likeness (QED) is 0.781. The summed E-state index contributed by atoms with van der Waals surface area (Å²) < 4.78 is 1.88. The lowest BCUT2D eigenvalue weighted by atomic mass is 10.1. The molecule has 5 heteroatoms. The average molecular weight is 321 g/mol. The van der Waals surface area contributed by atoms with Crippen LogP contribution < -0.4 is 10.2 Å². The zero-order valence-corrected chi connectivity index (χ0v) is 14.6. The maximum atomic E-state index is 4.64. The molecule has 124 valence electrons. The van der Waals surface area contributed by atoms with E-state index in [0.717, 1.165) is 22.6 Å². The Morgan fingerprint density at radius 1 is 1.17 bits per heavy atom. The Morgan fingerprint density at radius 2 is 1.96 bits per heavy atom. The van der Waals surface area contributed by atoms with E-state index in [-0.39, 0.29) is 0 Å². The first-order valence-corrected chi connectivity index (χ1v) is 8.00. The van der Waals surface area contributed by atoms with Crippen LogP contribution in [0.2, 0.25) is 0 Å². The molecule has 0 spiro atoms. The van der Waals surface area contributed by atoms with Crippen molar-refractivity contribution in [3.8, 4) is 11.3 Å². The molecule has 2 aromatic heterocycles. The molecule has 0 saturated carbocycles. The van der Waals surface area contributed by atoms with Crippen LogP contribution in [0.15, 0.2) is 48.8 Å². The number of nitrogens with zero attached hydrogens (tertiary/aromatic N) is 4. The molecule has 2 heterocycles. The van der Waals surface area contributed by atoms with Gasteiger partial charge in [0.05, 0.1) is 5.69 Å². The Balaban J connectivity index is 1.81. The van der Waals surface area contributed by atoms with Crippen molar-refractivity contribution in [3.63, 3.8) is 0 Å². The SMILES string of the molecule is Cc1ccccc1-c1cc(NCc2cnccc2N(C)C)n(C)n1. The van der Waals surface area contributed by atoms with Gasteiger partial charge in [0, 0.05) is 63.0 Å². The van der Waals surface area contributed by atoms with Crippen LogP contribution in [0.4, 0.5) is 11.5 Å². The number of hydrogen-bond acceptors (Lipinski definition) is 4. The Morgan fingerprint density at radius 3 is 2.71 bits per heavy atom. The predicted molar refractivity (Wildman–Crippen MR) is 99.3 cm³/mol. The molecule has 0 bridgehead atoms. The monoisotopic (exact) mass is 321 g/mol. The number of nitrogens with one attached hydrogen (secondary N) is 1. The van der Waals surface area contributed by atoms with Crippen molar-refractivity contribution in [1.29, 1.82) is 0 Å². The second kappa shape index (κ2) is 6.74. The summed E-state index contributed by atoms with van der Waals surface area (Å²) in [5, 5.41) is 8.11. The number of benzene rings is 1. The van der Waals surface area contributed by atoms with E-state index in [1.54, 1.807) is 0 Å². The van der Waals surface area contributed by atoms with Gasteiger partial charge >= 0.3 is 0 Å². The largest absolute Gasteiger partial charge is 0.377 e. The molecule has 0 unspecified atom stereocenters. The average Bonchev–Trinajstić information content (AvgIpc) is 2.94. The van der Waals surface area contributed by atoms with Gasteiger partial charge in [-0.3, -0.25) is 9.67 Å². The molecule has 0 amide bonds. The fourth-order valence-electron chi connectivity index (χ4n) is 2.80. The molecule has 0 aliphatic carbocycles. The minimum atomic E-state index is 0.702. The maximum Gasteiger partial charge on any atom is 0.124 e. The molecule has 0 radical (unpaired) electrons. The summed E-state index contributed by atoms with van der Waals surface area (Å²) in [4.78, 5) is 6.34. The van der Waals surface area contributed by atoms with E-state index in [2.05, 4.69) is 45.4 Å². The standard InChI is InChI=1S/C19H23N5/c1-14-7-5-6-8-16(14)17-11-19(24(4)22-17)21-13-15-12-20-10-9-18(15)23(2)3/h5-12,21H,13H2,1-4H3. The number of aromatic nitrogens is 3. The summed E-state index contributed by atoms with van der Waals surface area (Å²) in [5.74, 6) is 0.988. The number of rotatable bonds is 5. The fourth-order valence-corrected chi connectivity index (χ4v) is 2.80. The third kappa shape index (κ3) is 3.25. The summed E-state index contributed by atoms with van der Waals surface area (Å²) in [5.41, 5.74) is 5.69. The molecule has 0 fully saturated rings. The lowest BCUT2D eigenvalue weighted by Gasteiger charge is -2.17. The second-order valence-electron chi connectivity index (χ2n) is 6.11. The van der Waals surface area contributed by atoms with Gasteiger partial charge in [0.15, 0.2) is 0 Å². The predicted octanol–water partition coefficient (Wildman–Crippen LogP) is 3.47. The van der Waals surface area contributed by atoms with Crippen molar-refractivity contribution in [2.45, 2.75) is 13.5 Å². The van der Waals surface area contributed by atoms with Crippen LogP contribution in [0.25, 0.3) is 11.3 Å². The minimum Gasteiger partial charge on any atom is -0.377 e. The smallest absolute Gasteiger partial charge is 0.124 e. The lowest BCUT2D eigenvalue weighted by Crippen LogP contribution is -2.14. The molecular weight excluding hydrogens is 298 g/mol. The Labute approximate surface area is 143 Å². The van der Waals surface area contributed by atoms with Crippen molar-refractivity contribution >= 4 is 11.5 Å². The first kappa shape index (κ1) is 16.1. The highest BCUT2D eigenvalue weighted by Crippen LogP contribution is 2.25. The summed E-state index contributed by atoms with van der Waals surface area (Å²) in [6.07, 6.45) is 3.72. The van der Waals surface area contributed by atoms with E-state index in [1.165, 1.54) is 11.3 Å². The van der Waals surface area contributed by atoms with Crippen molar-refractivity contribution < 1.29 is 0 Å². The molecule has 0 saturated heterocycles. The Hall–Kier alpha value is -2.82. The van der Waals surface area contributed by atoms with Gasteiger partial charge in [-0.2, -0.15) is 5.10 Å². The lowest BCUT2D eigenvalue weighted by molar-refractivity contribution is 0.771. The summed E-state index contributed by atoms with van der Waals surface area (Å²) in [7, 11) is 6.04. The molecule has 1 N–H and O–H groups in total. The van der Waals surface area contributed by atoms with E-state index < -0.39 is 0 Å². The fraction of sp³-hybridized carbons (Fsp3) is 0.263. The maximum absolute atomic E-state index is 4.64. The zero-order valence-electron chi connectivity index (χ0n) is 14.6. The minimum absolute atomic E-state index is 0.702. The van der Waals surface area contributed by atoms with E-state index in [0.29, 0.717) is 6.54 Å². The Bertz CT molecular complexity index is 835. The van der Waals surface area contributed by atoms with E-state index in [4.69, 9.17) is 0 Å². The molecule has 0 aliphatic heterocycles. The van der Waals surface area contributed by atoms with Gasteiger partial charge in [-0.25, -0.2) is 0 Å². The van der Waals surface area contributed by atoms with Gasteiger partial charge in [-0.1, -0.05) is 24.3 Å². The Kier molecular flexibility index (Phi) is 4.51. The van der Waals surface area contributed by atoms with Crippen LogP contribution in [0, 0.1) is 6.92 Å². The van der Waals surface area contributed by atoms with Crippen molar-refractivity contribution in [2.24, 2.45) is 7.05 Å². The van der Waals surface area contributed by atoms with E-state index in [9.17, 15) is 0 Å². The van der Waals surface area contributed by atoms with E-state index in [1.807, 2.05) is 56.4 Å². The number of aryl methyl sites for hydroxylation is 2. The molecule has 24 heavy (non-hydrogen) atoms.